The Balaban J connectivity index is 1.78. The van der Waals surface area contributed by atoms with Gasteiger partial charge in [0.15, 0.2) is 0 Å². The predicted molar refractivity (Wildman–Crippen MR) is 93.8 cm³/mol. The van der Waals surface area contributed by atoms with Gasteiger partial charge in [0, 0.05) is 18.1 Å². The summed E-state index contributed by atoms with van der Waals surface area (Å²) in [4.78, 5) is 0. The first kappa shape index (κ1) is 18.2. The molecule has 5 nitrogen and oxygen atoms in total. The molecule has 1 heterocycles. The summed E-state index contributed by atoms with van der Waals surface area (Å²) in [5, 5.41) is 0. The molecule has 0 spiro atoms. The Bertz CT molecular complexity index is 870. The van der Waals surface area contributed by atoms with Gasteiger partial charge in [0.2, 0.25) is 0 Å². The van der Waals surface area contributed by atoms with Crippen LogP contribution in [0.2, 0.25) is 0 Å². The quantitative estimate of drug-likeness (QED) is 0.656. The van der Waals surface area contributed by atoms with E-state index in [4.69, 9.17) is 9.47 Å². The normalized spacial score (nSPS) is 16.4. The summed E-state index contributed by atoms with van der Waals surface area (Å²) in [6, 6.07) is 11.1. The number of benzene rings is 2. The number of rotatable bonds is 6. The maximum absolute atomic E-state index is 14.6. The van der Waals surface area contributed by atoms with Crippen molar-refractivity contribution in [1.29, 1.82) is 0 Å². The third-order valence-electron chi connectivity index (χ3n) is 3.84. The predicted octanol–water partition coefficient (Wildman–Crippen LogP) is 3.45. The SMILES string of the molecule is COS(=O)(=O)C[C@H]1Cc2c(cc(OCc3ccccc3)c(Br)c2F)O1. The Morgan fingerprint density at radius 3 is 2.72 bits per heavy atom. The van der Waals surface area contributed by atoms with Crippen molar-refractivity contribution in [3.8, 4) is 11.5 Å². The molecular formula is C17H16BrFO5S. The third-order valence-corrected chi connectivity index (χ3v) is 5.87. The minimum absolute atomic E-state index is 0.154. The molecule has 0 unspecified atom stereocenters. The Labute approximate surface area is 154 Å². The molecule has 0 N–H and O–H groups in total. The van der Waals surface area contributed by atoms with E-state index in [1.165, 1.54) is 0 Å². The summed E-state index contributed by atoms with van der Waals surface area (Å²) in [5.74, 6) is -0.247. The zero-order valence-electron chi connectivity index (χ0n) is 13.4. The van der Waals surface area contributed by atoms with Gasteiger partial charge in [-0.15, -0.1) is 0 Å². The summed E-state index contributed by atoms with van der Waals surface area (Å²) < 4.78 is 53.6. The molecule has 1 aliphatic heterocycles. The molecule has 2 aromatic carbocycles. The highest BCUT2D eigenvalue weighted by molar-refractivity contribution is 9.10. The van der Waals surface area contributed by atoms with E-state index in [-0.39, 0.29) is 23.3 Å². The van der Waals surface area contributed by atoms with Gasteiger partial charge in [-0.25, -0.2) is 4.39 Å². The second-order valence-electron chi connectivity index (χ2n) is 5.59. The molecule has 0 fully saturated rings. The van der Waals surface area contributed by atoms with Crippen LogP contribution in [0.5, 0.6) is 11.5 Å². The van der Waals surface area contributed by atoms with Gasteiger partial charge in [-0.2, -0.15) is 8.42 Å². The Morgan fingerprint density at radius 2 is 2.04 bits per heavy atom. The molecule has 2 aromatic rings. The molecule has 0 amide bonds. The molecule has 0 bridgehead atoms. The molecular weight excluding hydrogens is 415 g/mol. The van der Waals surface area contributed by atoms with Gasteiger partial charge in [0.05, 0.1) is 11.6 Å². The average molecular weight is 431 g/mol. The van der Waals surface area contributed by atoms with Crippen molar-refractivity contribution in [2.24, 2.45) is 0 Å². The molecule has 0 aromatic heterocycles. The van der Waals surface area contributed by atoms with Gasteiger partial charge in [0.1, 0.15) is 35.8 Å². The lowest BCUT2D eigenvalue weighted by Crippen LogP contribution is -2.25. The molecule has 25 heavy (non-hydrogen) atoms. The third kappa shape index (κ3) is 4.13. The van der Waals surface area contributed by atoms with Crippen molar-refractivity contribution in [1.82, 2.24) is 0 Å². The first-order valence-electron chi connectivity index (χ1n) is 7.52. The standard InChI is InChI=1S/C17H16BrFO5S/c1-22-25(20,21)10-12-7-13-14(24-12)8-15(16(18)17(13)19)23-9-11-5-3-2-4-6-11/h2-6,8,12H,7,9-10H2,1H3/t12-/m1/s1. The van der Waals surface area contributed by atoms with E-state index < -0.39 is 22.0 Å². The second-order valence-corrected chi connectivity index (χ2v) is 8.16. The van der Waals surface area contributed by atoms with E-state index >= 15 is 0 Å². The van der Waals surface area contributed by atoms with E-state index in [0.29, 0.717) is 17.1 Å². The minimum atomic E-state index is -3.69. The lowest BCUT2D eigenvalue weighted by Gasteiger charge is -2.12. The molecule has 134 valence electrons. The van der Waals surface area contributed by atoms with Crippen molar-refractivity contribution >= 4 is 26.0 Å². The fourth-order valence-electron chi connectivity index (χ4n) is 2.59. The van der Waals surface area contributed by atoms with Crippen LogP contribution in [0.15, 0.2) is 40.9 Å². The fraction of sp³-hybridized carbons (Fsp3) is 0.294. The lowest BCUT2D eigenvalue weighted by atomic mass is 10.1. The minimum Gasteiger partial charge on any atom is -0.488 e. The Kier molecular flexibility index (Phi) is 5.31. The summed E-state index contributed by atoms with van der Waals surface area (Å²) in [6.07, 6.45) is -0.535. The lowest BCUT2D eigenvalue weighted by molar-refractivity contribution is 0.248. The average Bonchev–Trinajstić information content (AvgIpc) is 2.99. The summed E-state index contributed by atoms with van der Waals surface area (Å²) in [6.45, 7) is 0.277. The zero-order valence-corrected chi connectivity index (χ0v) is 15.8. The molecule has 1 atom stereocenters. The molecule has 3 rings (SSSR count). The highest BCUT2D eigenvalue weighted by atomic mass is 79.9. The molecule has 0 radical (unpaired) electrons. The highest BCUT2D eigenvalue weighted by Crippen LogP contribution is 2.41. The molecule has 8 heteroatoms. The van der Waals surface area contributed by atoms with Crippen LogP contribution in [0.3, 0.4) is 0 Å². The van der Waals surface area contributed by atoms with Crippen molar-refractivity contribution in [2.45, 2.75) is 19.1 Å². The Morgan fingerprint density at radius 1 is 1.32 bits per heavy atom. The second kappa shape index (κ2) is 7.31. The van der Waals surface area contributed by atoms with Crippen molar-refractivity contribution in [2.75, 3.05) is 12.9 Å². The molecule has 0 aliphatic carbocycles. The van der Waals surface area contributed by atoms with Gasteiger partial charge < -0.3 is 9.47 Å². The van der Waals surface area contributed by atoms with Crippen LogP contribution in [0.4, 0.5) is 4.39 Å². The smallest absolute Gasteiger partial charge is 0.270 e. The van der Waals surface area contributed by atoms with Crippen molar-refractivity contribution in [3.05, 3.63) is 57.8 Å². The topological polar surface area (TPSA) is 61.8 Å². The van der Waals surface area contributed by atoms with Crippen LogP contribution in [0, 0.1) is 5.82 Å². The van der Waals surface area contributed by atoms with Crippen molar-refractivity contribution in [3.63, 3.8) is 0 Å². The van der Waals surface area contributed by atoms with Crippen LogP contribution in [0.25, 0.3) is 0 Å². The maximum atomic E-state index is 14.6. The van der Waals surface area contributed by atoms with Gasteiger partial charge in [-0.05, 0) is 21.5 Å². The highest BCUT2D eigenvalue weighted by Gasteiger charge is 2.32. The summed E-state index contributed by atoms with van der Waals surface area (Å²) in [5.41, 5.74) is 1.27. The van der Waals surface area contributed by atoms with Crippen LogP contribution in [-0.2, 0) is 27.3 Å². The van der Waals surface area contributed by atoms with E-state index in [0.717, 1.165) is 12.7 Å². The number of hydrogen-bond acceptors (Lipinski definition) is 5. The summed E-state index contributed by atoms with van der Waals surface area (Å²) in [7, 11) is -2.60. The fourth-order valence-corrected chi connectivity index (χ4v) is 3.84. The zero-order chi connectivity index (χ0) is 18.0. The van der Waals surface area contributed by atoms with Gasteiger partial charge in [0.25, 0.3) is 10.1 Å². The summed E-state index contributed by atoms with van der Waals surface area (Å²) >= 11 is 3.20. The number of fused-ring (bicyclic) bond motifs is 1. The van der Waals surface area contributed by atoms with E-state index in [1.54, 1.807) is 6.07 Å². The monoisotopic (exact) mass is 430 g/mol. The first-order valence-corrected chi connectivity index (χ1v) is 9.89. The van der Waals surface area contributed by atoms with Gasteiger partial charge in [-0.3, -0.25) is 4.18 Å². The van der Waals surface area contributed by atoms with E-state index in [2.05, 4.69) is 20.1 Å². The number of halogens is 2. The number of hydrogen-bond donors (Lipinski definition) is 0. The number of ether oxygens (including phenoxy) is 2. The van der Waals surface area contributed by atoms with Crippen LogP contribution >= 0.6 is 15.9 Å². The molecule has 0 saturated heterocycles. The van der Waals surface area contributed by atoms with Crippen LogP contribution in [-0.4, -0.2) is 27.4 Å². The van der Waals surface area contributed by atoms with E-state index in [1.807, 2.05) is 30.3 Å². The van der Waals surface area contributed by atoms with Crippen LogP contribution < -0.4 is 9.47 Å². The van der Waals surface area contributed by atoms with Crippen LogP contribution in [0.1, 0.15) is 11.1 Å². The largest absolute Gasteiger partial charge is 0.488 e. The first-order chi connectivity index (χ1) is 11.9. The van der Waals surface area contributed by atoms with Gasteiger partial charge in [-0.1, -0.05) is 30.3 Å². The van der Waals surface area contributed by atoms with E-state index in [9.17, 15) is 12.8 Å². The molecule has 0 saturated carbocycles. The van der Waals surface area contributed by atoms with Crippen molar-refractivity contribution < 1.29 is 26.5 Å². The Hall–Kier alpha value is -1.64. The maximum Gasteiger partial charge on any atom is 0.270 e. The molecule has 1 aliphatic rings. The van der Waals surface area contributed by atoms with Gasteiger partial charge >= 0.3 is 0 Å².